The van der Waals surface area contributed by atoms with Crippen molar-refractivity contribution in [1.29, 1.82) is 0 Å². The minimum atomic E-state index is 0.533. The normalized spacial score (nSPS) is 11.9. The van der Waals surface area contributed by atoms with Crippen LogP contribution in [0.4, 0.5) is 0 Å². The molecule has 0 radical (unpaired) electrons. The fourth-order valence-corrected chi connectivity index (χ4v) is 8.72. The van der Waals surface area contributed by atoms with Crippen molar-refractivity contribution in [3.8, 4) is 39.9 Å². The highest BCUT2D eigenvalue weighted by Crippen LogP contribution is 2.42. The van der Waals surface area contributed by atoms with Crippen molar-refractivity contribution in [3.63, 3.8) is 0 Å². The van der Waals surface area contributed by atoms with E-state index in [-0.39, 0.29) is 0 Å². The molecule has 0 fully saturated rings. The van der Waals surface area contributed by atoms with Gasteiger partial charge < -0.3 is 8.98 Å². The number of hydrogen-bond donors (Lipinski definition) is 0. The highest BCUT2D eigenvalue weighted by Gasteiger charge is 2.22. The standard InChI is InChI=1S/C44H25N5OS/c1-2-12-26(13-3-1)41-46-42(48-43(47-41)33-19-10-17-30-29-16-6-9-23-37(29)51-40(30)33)32-24-25-45-44-38(32)31-18-11-22-36(39(31)50-44)49-34-20-7-4-14-27(34)28-15-5-8-21-35(28)49/h1-25H. The molecule has 7 heteroatoms. The van der Waals surface area contributed by atoms with Crippen molar-refractivity contribution < 1.29 is 4.42 Å². The quantitative estimate of drug-likeness (QED) is 0.186. The Labute approximate surface area is 294 Å². The van der Waals surface area contributed by atoms with E-state index in [2.05, 4.69) is 114 Å². The average molecular weight is 672 g/mol. The van der Waals surface area contributed by atoms with Crippen molar-refractivity contribution in [3.05, 3.63) is 152 Å². The van der Waals surface area contributed by atoms with E-state index in [1.807, 2.05) is 36.4 Å². The fraction of sp³-hybridized carbons (Fsp3) is 0. The molecular weight excluding hydrogens is 647 g/mol. The molecule has 11 aromatic rings. The SMILES string of the molecule is c1ccc(-c2nc(-c3cccc4c3sc3ccccc34)nc(-c3ccnc4oc5c(-n6c7ccccc7c7ccccc76)cccc5c34)n2)cc1. The average Bonchev–Trinajstić information content (AvgIpc) is 3.88. The summed E-state index contributed by atoms with van der Waals surface area (Å²) in [5, 5.41) is 6.63. The lowest BCUT2D eigenvalue weighted by molar-refractivity contribution is 0.652. The van der Waals surface area contributed by atoms with Crippen LogP contribution in [0, 0.1) is 0 Å². The Morgan fingerprint density at radius 1 is 0.490 bits per heavy atom. The van der Waals surface area contributed by atoms with Crippen LogP contribution in [0.5, 0.6) is 0 Å². The monoisotopic (exact) mass is 671 g/mol. The maximum atomic E-state index is 6.69. The van der Waals surface area contributed by atoms with Gasteiger partial charge in [-0.15, -0.1) is 11.3 Å². The molecule has 0 saturated carbocycles. The maximum absolute atomic E-state index is 6.69. The molecule has 0 aliphatic rings. The Bertz CT molecular complexity index is 3100. The fourth-order valence-electron chi connectivity index (χ4n) is 7.51. The summed E-state index contributed by atoms with van der Waals surface area (Å²) in [6.45, 7) is 0. The Morgan fingerprint density at radius 2 is 1.12 bits per heavy atom. The van der Waals surface area contributed by atoms with Crippen LogP contribution in [0.15, 0.2) is 156 Å². The molecule has 0 spiro atoms. The van der Waals surface area contributed by atoms with Crippen LogP contribution < -0.4 is 0 Å². The third-order valence-corrected chi connectivity index (χ3v) is 11.0. The number of para-hydroxylation sites is 3. The summed E-state index contributed by atoms with van der Waals surface area (Å²) in [6, 6.07) is 50.3. The Balaban J connectivity index is 1.18. The summed E-state index contributed by atoms with van der Waals surface area (Å²) >= 11 is 1.77. The van der Waals surface area contributed by atoms with Crippen molar-refractivity contribution in [2.45, 2.75) is 0 Å². The Morgan fingerprint density at radius 3 is 1.92 bits per heavy atom. The number of aromatic nitrogens is 5. The van der Waals surface area contributed by atoms with Crippen LogP contribution in [0.1, 0.15) is 0 Å². The lowest BCUT2D eigenvalue weighted by atomic mass is 10.1. The molecule has 6 aromatic carbocycles. The molecule has 0 aliphatic carbocycles. The van der Waals surface area contributed by atoms with Gasteiger partial charge in [-0.2, -0.15) is 0 Å². The summed E-state index contributed by atoms with van der Waals surface area (Å²) in [7, 11) is 0. The van der Waals surface area contributed by atoms with Crippen LogP contribution in [-0.2, 0) is 0 Å². The van der Waals surface area contributed by atoms with Gasteiger partial charge in [0.05, 0.1) is 22.1 Å². The second-order valence-electron chi connectivity index (χ2n) is 12.6. The van der Waals surface area contributed by atoms with Gasteiger partial charge in [-0.25, -0.2) is 19.9 Å². The third kappa shape index (κ3) is 4.22. The lowest BCUT2D eigenvalue weighted by Gasteiger charge is -2.10. The molecule has 0 saturated heterocycles. The Kier molecular flexibility index (Phi) is 6.02. The summed E-state index contributed by atoms with van der Waals surface area (Å²) in [6.07, 6.45) is 1.78. The van der Waals surface area contributed by atoms with Gasteiger partial charge in [-0.1, -0.05) is 109 Å². The molecule has 0 aliphatic heterocycles. The molecule has 0 unspecified atom stereocenters. The number of furan rings is 1. The minimum absolute atomic E-state index is 0.533. The van der Waals surface area contributed by atoms with Gasteiger partial charge >= 0.3 is 0 Å². The van der Waals surface area contributed by atoms with Gasteiger partial charge in [0.1, 0.15) is 0 Å². The Hall–Kier alpha value is -6.70. The summed E-state index contributed by atoms with van der Waals surface area (Å²) < 4.78 is 11.4. The first kappa shape index (κ1) is 28.2. The number of hydrogen-bond acceptors (Lipinski definition) is 6. The van der Waals surface area contributed by atoms with Crippen LogP contribution in [0.2, 0.25) is 0 Å². The van der Waals surface area contributed by atoms with Crippen LogP contribution in [0.3, 0.4) is 0 Å². The smallest absolute Gasteiger partial charge is 0.228 e. The molecule has 6 nitrogen and oxygen atoms in total. The minimum Gasteiger partial charge on any atom is -0.435 e. The molecule has 51 heavy (non-hydrogen) atoms. The van der Waals surface area contributed by atoms with Gasteiger partial charge in [0.2, 0.25) is 5.71 Å². The predicted octanol–water partition coefficient (Wildman–Crippen LogP) is 11.6. The topological polar surface area (TPSA) is 69.6 Å². The van der Waals surface area contributed by atoms with Gasteiger partial charge in [0, 0.05) is 59.2 Å². The number of rotatable bonds is 4. The van der Waals surface area contributed by atoms with E-state index >= 15 is 0 Å². The molecule has 0 amide bonds. The number of nitrogens with zero attached hydrogens (tertiary/aromatic N) is 5. The molecule has 238 valence electrons. The second-order valence-corrected chi connectivity index (χ2v) is 13.7. The number of fused-ring (bicyclic) bond motifs is 9. The van der Waals surface area contributed by atoms with Gasteiger partial charge in [-0.05, 0) is 36.4 Å². The first-order valence-corrected chi connectivity index (χ1v) is 17.6. The number of thiophene rings is 1. The summed E-state index contributed by atoms with van der Waals surface area (Å²) in [5.41, 5.74) is 7.20. The van der Waals surface area contributed by atoms with E-state index < -0.39 is 0 Å². The molecule has 0 N–H and O–H groups in total. The molecular formula is C44H25N5OS. The van der Waals surface area contributed by atoms with E-state index in [9.17, 15) is 0 Å². The van der Waals surface area contributed by atoms with E-state index in [0.717, 1.165) is 54.5 Å². The van der Waals surface area contributed by atoms with Crippen molar-refractivity contribution in [2.24, 2.45) is 0 Å². The zero-order chi connectivity index (χ0) is 33.5. The van der Waals surface area contributed by atoms with Gasteiger partial charge in [-0.3, -0.25) is 0 Å². The van der Waals surface area contributed by atoms with E-state index in [1.54, 1.807) is 17.5 Å². The van der Waals surface area contributed by atoms with Crippen LogP contribution >= 0.6 is 11.3 Å². The second kappa shape index (κ2) is 10.9. The molecule has 0 bridgehead atoms. The van der Waals surface area contributed by atoms with Crippen molar-refractivity contribution in [1.82, 2.24) is 24.5 Å². The molecule has 11 rings (SSSR count). The zero-order valence-corrected chi connectivity index (χ0v) is 27.8. The zero-order valence-electron chi connectivity index (χ0n) is 27.0. The number of benzene rings is 6. The molecule has 5 heterocycles. The largest absolute Gasteiger partial charge is 0.435 e. The predicted molar refractivity (Wildman–Crippen MR) is 208 cm³/mol. The summed E-state index contributed by atoms with van der Waals surface area (Å²) in [4.78, 5) is 20.2. The maximum Gasteiger partial charge on any atom is 0.228 e. The van der Waals surface area contributed by atoms with E-state index in [1.165, 1.54) is 26.2 Å². The van der Waals surface area contributed by atoms with Gasteiger partial charge in [0.15, 0.2) is 23.1 Å². The third-order valence-electron chi connectivity index (χ3n) is 9.75. The van der Waals surface area contributed by atoms with E-state index in [0.29, 0.717) is 23.2 Å². The van der Waals surface area contributed by atoms with Crippen molar-refractivity contribution >= 4 is 75.4 Å². The first-order valence-electron chi connectivity index (χ1n) is 16.8. The van der Waals surface area contributed by atoms with Crippen molar-refractivity contribution in [2.75, 3.05) is 0 Å². The summed E-state index contributed by atoms with van der Waals surface area (Å²) in [5.74, 6) is 1.80. The van der Waals surface area contributed by atoms with Crippen LogP contribution in [0.25, 0.3) is 104 Å². The van der Waals surface area contributed by atoms with E-state index in [4.69, 9.17) is 24.4 Å². The first-order chi connectivity index (χ1) is 25.3. The molecule has 0 atom stereocenters. The molecule has 5 aromatic heterocycles. The van der Waals surface area contributed by atoms with Crippen LogP contribution in [-0.4, -0.2) is 24.5 Å². The highest BCUT2D eigenvalue weighted by molar-refractivity contribution is 7.26. The van der Waals surface area contributed by atoms with Gasteiger partial charge in [0.25, 0.3) is 0 Å². The highest BCUT2D eigenvalue weighted by atomic mass is 32.1. The number of pyridine rings is 1. The lowest BCUT2D eigenvalue weighted by Crippen LogP contribution is -2.00.